The number of benzene rings is 1. The zero-order chi connectivity index (χ0) is 9.84. The van der Waals surface area contributed by atoms with Gasteiger partial charge in [-0.05, 0) is 34.7 Å². The van der Waals surface area contributed by atoms with Crippen LogP contribution in [0.2, 0.25) is 0 Å². The van der Waals surface area contributed by atoms with Crippen LogP contribution in [0.15, 0.2) is 21.7 Å². The third-order valence-corrected chi connectivity index (χ3v) is 2.71. The zero-order valence-corrected chi connectivity index (χ0v) is 10.7. The van der Waals surface area contributed by atoms with Crippen molar-refractivity contribution in [3.63, 3.8) is 0 Å². The van der Waals surface area contributed by atoms with E-state index in [0.717, 1.165) is 19.4 Å². The van der Waals surface area contributed by atoms with E-state index in [4.69, 9.17) is 10.6 Å². The summed E-state index contributed by atoms with van der Waals surface area (Å²) in [5.74, 6) is 5.87. The summed E-state index contributed by atoms with van der Waals surface area (Å²) >= 11 is 5.58. The van der Waals surface area contributed by atoms with Crippen LogP contribution in [0.5, 0.6) is 5.75 Å². The Morgan fingerprint density at radius 3 is 2.85 bits per heavy atom. The van der Waals surface area contributed by atoms with E-state index in [1.165, 1.54) is 0 Å². The van der Waals surface area contributed by atoms with Crippen LogP contribution < -0.4 is 10.6 Å². The maximum Gasteiger partial charge on any atom is 0.141 e. The topological polar surface area (TPSA) is 47.6 Å². The summed E-state index contributed by atoms with van der Waals surface area (Å²) in [6.45, 7) is 0. The molecule has 0 aliphatic rings. The molecule has 3 nitrogen and oxygen atoms in total. The second-order valence-electron chi connectivity index (χ2n) is 2.29. The molecule has 0 amide bonds. The largest absolute Gasteiger partial charge is 0.495 e. The highest BCUT2D eigenvalue weighted by atomic mass is 127. The lowest BCUT2D eigenvalue weighted by atomic mass is 10.2. The van der Waals surface area contributed by atoms with Crippen molar-refractivity contribution in [1.82, 2.24) is 0 Å². The number of ether oxygens (including phenoxy) is 1. The maximum atomic E-state index is 5.21. The number of nitrogens with two attached hydrogens (primary N) is 1. The highest BCUT2D eigenvalue weighted by Crippen LogP contribution is 2.28. The molecule has 0 aromatic heterocycles. The van der Waals surface area contributed by atoms with Crippen molar-refractivity contribution in [1.29, 1.82) is 0 Å². The van der Waals surface area contributed by atoms with Crippen molar-refractivity contribution in [2.24, 2.45) is 10.9 Å². The maximum absolute atomic E-state index is 5.21. The predicted octanol–water partition coefficient (Wildman–Crippen LogP) is 2.35. The number of hydrogen-bond acceptors (Lipinski definition) is 3. The van der Waals surface area contributed by atoms with Crippen LogP contribution in [0.4, 0.5) is 0 Å². The minimum absolute atomic E-state index is 0.790. The lowest BCUT2D eigenvalue weighted by Gasteiger charge is -2.07. The molecular weight excluding hydrogens is 347 g/mol. The summed E-state index contributed by atoms with van der Waals surface area (Å²) in [5.41, 5.74) is 0.865. The Hall–Kier alpha value is -0.300. The Morgan fingerprint density at radius 2 is 2.31 bits per heavy atom. The number of rotatable bonds is 2. The third kappa shape index (κ3) is 2.57. The van der Waals surface area contributed by atoms with Gasteiger partial charge in [0, 0.05) is 10.0 Å². The van der Waals surface area contributed by atoms with Gasteiger partial charge in [0.2, 0.25) is 0 Å². The summed E-state index contributed by atoms with van der Waals surface area (Å²) < 4.78 is 7.21. The van der Waals surface area contributed by atoms with Gasteiger partial charge < -0.3 is 10.6 Å². The Morgan fingerprint density at radius 1 is 1.62 bits per heavy atom. The lowest BCUT2D eigenvalue weighted by molar-refractivity contribution is 0.411. The molecule has 1 rings (SSSR count). The van der Waals surface area contributed by atoms with Gasteiger partial charge in [-0.2, -0.15) is 5.10 Å². The van der Waals surface area contributed by atoms with Crippen molar-refractivity contribution in [2.45, 2.75) is 0 Å². The molecule has 1 aromatic rings. The SMILES string of the molecule is COc1c(I)cc(Br)cc1C=NN. The van der Waals surface area contributed by atoms with Crippen LogP contribution in [-0.2, 0) is 0 Å². The van der Waals surface area contributed by atoms with Gasteiger partial charge in [0.25, 0.3) is 0 Å². The molecule has 2 N–H and O–H groups in total. The van der Waals surface area contributed by atoms with E-state index in [1.54, 1.807) is 13.3 Å². The van der Waals surface area contributed by atoms with E-state index >= 15 is 0 Å². The van der Waals surface area contributed by atoms with Crippen LogP contribution in [0.1, 0.15) is 5.56 Å². The Balaban J connectivity index is 3.29. The molecule has 70 valence electrons. The summed E-state index contributed by atoms with van der Waals surface area (Å²) in [5, 5.41) is 3.47. The van der Waals surface area contributed by atoms with Crippen LogP contribution in [0, 0.1) is 3.57 Å². The van der Waals surface area contributed by atoms with Gasteiger partial charge in [-0.1, -0.05) is 15.9 Å². The van der Waals surface area contributed by atoms with Gasteiger partial charge in [-0.25, -0.2) is 0 Å². The molecule has 0 saturated carbocycles. The van der Waals surface area contributed by atoms with E-state index in [2.05, 4.69) is 43.6 Å². The summed E-state index contributed by atoms with van der Waals surface area (Å²) in [4.78, 5) is 0. The normalized spacial score (nSPS) is 10.7. The number of nitrogens with zero attached hydrogens (tertiary/aromatic N) is 1. The highest BCUT2D eigenvalue weighted by Gasteiger charge is 2.06. The van der Waals surface area contributed by atoms with Crippen molar-refractivity contribution in [3.8, 4) is 5.75 Å². The third-order valence-electron chi connectivity index (χ3n) is 1.45. The minimum Gasteiger partial charge on any atom is -0.495 e. The lowest BCUT2D eigenvalue weighted by Crippen LogP contribution is -1.95. The van der Waals surface area contributed by atoms with Crippen LogP contribution in [-0.4, -0.2) is 13.3 Å². The van der Waals surface area contributed by atoms with Gasteiger partial charge in [-0.15, -0.1) is 0 Å². The summed E-state index contributed by atoms with van der Waals surface area (Å²) in [7, 11) is 1.62. The summed E-state index contributed by atoms with van der Waals surface area (Å²) in [6, 6.07) is 3.87. The molecule has 1 aromatic carbocycles. The zero-order valence-electron chi connectivity index (χ0n) is 6.92. The average Bonchev–Trinajstić information content (AvgIpc) is 2.04. The first-order chi connectivity index (χ1) is 6.19. The fourth-order valence-corrected chi connectivity index (χ4v) is 2.74. The first-order valence-electron chi connectivity index (χ1n) is 3.45. The van der Waals surface area contributed by atoms with E-state index in [9.17, 15) is 0 Å². The average molecular weight is 355 g/mol. The van der Waals surface area contributed by atoms with Crippen LogP contribution in [0.3, 0.4) is 0 Å². The van der Waals surface area contributed by atoms with E-state index in [0.29, 0.717) is 0 Å². The van der Waals surface area contributed by atoms with Gasteiger partial charge in [-0.3, -0.25) is 0 Å². The van der Waals surface area contributed by atoms with Gasteiger partial charge in [0.1, 0.15) is 5.75 Å². The second kappa shape index (κ2) is 4.80. The molecule has 0 unspecified atom stereocenters. The first-order valence-corrected chi connectivity index (χ1v) is 5.32. The number of hydrazone groups is 1. The number of halogens is 2. The predicted molar refractivity (Wildman–Crippen MR) is 65.2 cm³/mol. The molecule has 0 atom stereocenters. The number of methoxy groups -OCH3 is 1. The fourth-order valence-electron chi connectivity index (χ4n) is 0.972. The van der Waals surface area contributed by atoms with Gasteiger partial charge in [0.05, 0.1) is 16.9 Å². The van der Waals surface area contributed by atoms with E-state index < -0.39 is 0 Å². The molecule has 0 saturated heterocycles. The number of hydrogen-bond donors (Lipinski definition) is 1. The van der Waals surface area contributed by atoms with E-state index in [1.807, 2.05) is 12.1 Å². The molecule has 0 bridgehead atoms. The van der Waals surface area contributed by atoms with E-state index in [-0.39, 0.29) is 0 Å². The van der Waals surface area contributed by atoms with Crippen molar-refractivity contribution in [2.75, 3.05) is 7.11 Å². The van der Waals surface area contributed by atoms with Crippen molar-refractivity contribution < 1.29 is 4.74 Å². The molecule has 0 heterocycles. The monoisotopic (exact) mass is 354 g/mol. The minimum atomic E-state index is 0.790. The Labute approximate surface area is 98.6 Å². The molecule has 0 radical (unpaired) electrons. The molecular formula is C8H8BrIN2O. The molecule has 0 aliphatic carbocycles. The Bertz CT molecular complexity index is 341. The van der Waals surface area contributed by atoms with Crippen molar-refractivity contribution >= 4 is 44.7 Å². The van der Waals surface area contributed by atoms with Gasteiger partial charge in [0.15, 0.2) is 0 Å². The molecule has 0 fully saturated rings. The second-order valence-corrected chi connectivity index (χ2v) is 4.37. The van der Waals surface area contributed by atoms with Crippen molar-refractivity contribution in [3.05, 3.63) is 25.7 Å². The van der Waals surface area contributed by atoms with Gasteiger partial charge >= 0.3 is 0 Å². The first kappa shape index (κ1) is 10.8. The summed E-state index contributed by atoms with van der Waals surface area (Å²) in [6.07, 6.45) is 1.56. The quantitative estimate of drug-likeness (QED) is 0.383. The molecule has 13 heavy (non-hydrogen) atoms. The van der Waals surface area contributed by atoms with Crippen LogP contribution in [0.25, 0.3) is 0 Å². The smallest absolute Gasteiger partial charge is 0.141 e. The molecule has 5 heteroatoms. The standard InChI is InChI=1S/C8H8BrIN2O/c1-13-8-5(4-12-11)2-6(9)3-7(8)10/h2-4H,11H2,1H3. The Kier molecular flexibility index (Phi) is 3.98. The highest BCUT2D eigenvalue weighted by molar-refractivity contribution is 14.1. The molecule has 0 spiro atoms. The van der Waals surface area contributed by atoms with Crippen LogP contribution >= 0.6 is 38.5 Å². The molecule has 0 aliphatic heterocycles. The fraction of sp³-hybridized carbons (Fsp3) is 0.125.